The van der Waals surface area contributed by atoms with E-state index in [0.29, 0.717) is 31.8 Å². The Morgan fingerprint density at radius 3 is 3.06 bits per heavy atom. The molecule has 0 saturated carbocycles. The summed E-state index contributed by atoms with van der Waals surface area (Å²) in [7, 11) is 1.62. The Kier molecular flexibility index (Phi) is 5.07. The van der Waals surface area contributed by atoms with Crippen LogP contribution in [0.3, 0.4) is 0 Å². The van der Waals surface area contributed by atoms with Crippen LogP contribution < -0.4 is 5.73 Å². The summed E-state index contributed by atoms with van der Waals surface area (Å²) in [4.78, 5) is 11.9. The Labute approximate surface area is 94.8 Å². The molecular weight excluding hydrogens is 208 g/mol. The number of aromatic nitrogens is 3. The highest BCUT2D eigenvalue weighted by Gasteiger charge is 2.18. The number of hydrogen-bond acceptors (Lipinski definition) is 5. The minimum atomic E-state index is -0.0945. The van der Waals surface area contributed by atoms with Gasteiger partial charge in [-0.05, 0) is 6.42 Å². The fourth-order valence-electron chi connectivity index (χ4n) is 1.33. The molecule has 16 heavy (non-hydrogen) atoms. The third-order valence-electron chi connectivity index (χ3n) is 2.35. The monoisotopic (exact) mass is 226 g/mol. The van der Waals surface area contributed by atoms with Crippen molar-refractivity contribution >= 4 is 5.78 Å². The van der Waals surface area contributed by atoms with E-state index in [9.17, 15) is 4.79 Å². The number of carbonyl (C=O) groups excluding carboxylic acids is 1. The maximum atomic E-state index is 11.9. The zero-order valence-electron chi connectivity index (χ0n) is 9.72. The summed E-state index contributed by atoms with van der Waals surface area (Å²) in [5.41, 5.74) is 5.78. The van der Waals surface area contributed by atoms with Gasteiger partial charge in [0.05, 0.1) is 12.7 Å². The SMILES string of the molecule is COCCC(C)C(=O)c1cn(CCN)nn1. The Hall–Kier alpha value is -1.27. The van der Waals surface area contributed by atoms with E-state index >= 15 is 0 Å². The van der Waals surface area contributed by atoms with Gasteiger partial charge in [0.1, 0.15) is 5.69 Å². The summed E-state index contributed by atoms with van der Waals surface area (Å²) in [5.74, 6) is -0.0942. The summed E-state index contributed by atoms with van der Waals surface area (Å²) in [6, 6.07) is 0. The van der Waals surface area contributed by atoms with Crippen molar-refractivity contribution in [2.75, 3.05) is 20.3 Å². The summed E-state index contributed by atoms with van der Waals surface area (Å²) in [6.07, 6.45) is 2.33. The number of ether oxygens (including phenoxy) is 1. The first-order valence-electron chi connectivity index (χ1n) is 5.32. The zero-order valence-corrected chi connectivity index (χ0v) is 9.72. The molecule has 1 atom stereocenters. The first kappa shape index (κ1) is 12.8. The molecule has 0 aromatic carbocycles. The van der Waals surface area contributed by atoms with E-state index in [4.69, 9.17) is 10.5 Å². The van der Waals surface area contributed by atoms with Crippen LogP contribution in [0.1, 0.15) is 23.8 Å². The van der Waals surface area contributed by atoms with Crippen LogP contribution in [-0.2, 0) is 11.3 Å². The molecule has 0 amide bonds. The van der Waals surface area contributed by atoms with Gasteiger partial charge in [-0.15, -0.1) is 5.10 Å². The number of nitrogens with zero attached hydrogens (tertiary/aromatic N) is 3. The van der Waals surface area contributed by atoms with E-state index in [1.807, 2.05) is 6.92 Å². The van der Waals surface area contributed by atoms with Crippen molar-refractivity contribution in [1.82, 2.24) is 15.0 Å². The number of Topliss-reactive ketones (excluding diaryl/α,β-unsaturated/α-hetero) is 1. The molecular formula is C10H18N4O2. The van der Waals surface area contributed by atoms with Crippen LogP contribution in [0.4, 0.5) is 0 Å². The highest BCUT2D eigenvalue weighted by Crippen LogP contribution is 2.09. The van der Waals surface area contributed by atoms with Gasteiger partial charge in [-0.3, -0.25) is 9.48 Å². The van der Waals surface area contributed by atoms with Gasteiger partial charge in [0, 0.05) is 26.2 Å². The molecule has 2 N–H and O–H groups in total. The normalized spacial score (nSPS) is 12.7. The van der Waals surface area contributed by atoms with E-state index in [-0.39, 0.29) is 11.7 Å². The van der Waals surface area contributed by atoms with Crippen molar-refractivity contribution < 1.29 is 9.53 Å². The van der Waals surface area contributed by atoms with E-state index in [2.05, 4.69) is 10.3 Å². The molecule has 0 spiro atoms. The average Bonchev–Trinajstić information content (AvgIpc) is 2.74. The van der Waals surface area contributed by atoms with Crippen LogP contribution in [0.2, 0.25) is 0 Å². The lowest BCUT2D eigenvalue weighted by atomic mass is 10.0. The van der Waals surface area contributed by atoms with E-state index < -0.39 is 0 Å². The number of carbonyl (C=O) groups is 1. The summed E-state index contributed by atoms with van der Waals surface area (Å²) in [5, 5.41) is 7.66. The number of ketones is 1. The van der Waals surface area contributed by atoms with Crippen LogP contribution >= 0.6 is 0 Å². The molecule has 6 nitrogen and oxygen atoms in total. The molecule has 1 unspecified atom stereocenters. The van der Waals surface area contributed by atoms with Gasteiger partial charge in [0.15, 0.2) is 5.78 Å². The van der Waals surface area contributed by atoms with Gasteiger partial charge in [0.2, 0.25) is 0 Å². The minimum absolute atomic E-state index is 0.000298. The molecule has 0 bridgehead atoms. The lowest BCUT2D eigenvalue weighted by Crippen LogP contribution is -2.14. The molecule has 0 aliphatic heterocycles. The van der Waals surface area contributed by atoms with Gasteiger partial charge in [-0.25, -0.2) is 0 Å². The predicted molar refractivity (Wildman–Crippen MR) is 59.1 cm³/mol. The molecule has 0 aliphatic carbocycles. The molecule has 1 aromatic heterocycles. The summed E-state index contributed by atoms with van der Waals surface area (Å²) >= 11 is 0. The fourth-order valence-corrected chi connectivity index (χ4v) is 1.33. The van der Waals surface area contributed by atoms with E-state index in [0.717, 1.165) is 0 Å². The smallest absolute Gasteiger partial charge is 0.187 e. The third-order valence-corrected chi connectivity index (χ3v) is 2.35. The van der Waals surface area contributed by atoms with Gasteiger partial charge >= 0.3 is 0 Å². The molecule has 1 rings (SSSR count). The number of rotatable bonds is 7. The van der Waals surface area contributed by atoms with Crippen LogP contribution in [0.15, 0.2) is 6.20 Å². The van der Waals surface area contributed by atoms with Gasteiger partial charge in [0.25, 0.3) is 0 Å². The second kappa shape index (κ2) is 6.34. The van der Waals surface area contributed by atoms with E-state index in [1.54, 1.807) is 18.0 Å². The average molecular weight is 226 g/mol. The molecule has 0 aliphatic rings. The lowest BCUT2D eigenvalue weighted by molar-refractivity contribution is 0.0888. The minimum Gasteiger partial charge on any atom is -0.385 e. The quantitative estimate of drug-likeness (QED) is 0.666. The predicted octanol–water partition coefficient (Wildman–Crippen LogP) is 0.0921. The Balaban J connectivity index is 2.57. The number of nitrogens with two attached hydrogens (primary N) is 1. The maximum absolute atomic E-state index is 11.9. The van der Waals surface area contributed by atoms with Crippen LogP contribution in [0.5, 0.6) is 0 Å². The highest BCUT2D eigenvalue weighted by molar-refractivity contribution is 5.95. The van der Waals surface area contributed by atoms with Gasteiger partial charge in [-0.1, -0.05) is 12.1 Å². The van der Waals surface area contributed by atoms with Crippen molar-refractivity contribution in [3.05, 3.63) is 11.9 Å². The van der Waals surface area contributed by atoms with Crippen molar-refractivity contribution in [2.45, 2.75) is 19.9 Å². The molecule has 0 fully saturated rings. The fraction of sp³-hybridized carbons (Fsp3) is 0.700. The Morgan fingerprint density at radius 1 is 1.69 bits per heavy atom. The van der Waals surface area contributed by atoms with Crippen molar-refractivity contribution in [2.24, 2.45) is 11.7 Å². The molecule has 0 radical (unpaired) electrons. The maximum Gasteiger partial charge on any atom is 0.187 e. The van der Waals surface area contributed by atoms with Crippen molar-refractivity contribution in [3.63, 3.8) is 0 Å². The first-order valence-corrected chi connectivity index (χ1v) is 5.32. The van der Waals surface area contributed by atoms with Crippen molar-refractivity contribution in [3.8, 4) is 0 Å². The standard InChI is InChI=1S/C10H18N4O2/c1-8(3-6-16-2)10(15)9-7-14(5-4-11)13-12-9/h7-8H,3-6,11H2,1-2H3. The largest absolute Gasteiger partial charge is 0.385 e. The molecule has 6 heteroatoms. The second-order valence-corrected chi connectivity index (χ2v) is 3.70. The van der Waals surface area contributed by atoms with Gasteiger partial charge < -0.3 is 10.5 Å². The molecule has 0 saturated heterocycles. The zero-order chi connectivity index (χ0) is 12.0. The summed E-state index contributed by atoms with van der Waals surface area (Å²) in [6.45, 7) is 3.50. The topological polar surface area (TPSA) is 83.0 Å². The van der Waals surface area contributed by atoms with Crippen molar-refractivity contribution in [1.29, 1.82) is 0 Å². The lowest BCUT2D eigenvalue weighted by Gasteiger charge is -2.06. The molecule has 90 valence electrons. The summed E-state index contributed by atoms with van der Waals surface area (Å²) < 4.78 is 6.51. The second-order valence-electron chi connectivity index (χ2n) is 3.70. The highest BCUT2D eigenvalue weighted by atomic mass is 16.5. The van der Waals surface area contributed by atoms with Gasteiger partial charge in [-0.2, -0.15) is 0 Å². The molecule has 1 aromatic rings. The first-order chi connectivity index (χ1) is 7.69. The van der Waals surface area contributed by atoms with Crippen LogP contribution in [-0.4, -0.2) is 41.0 Å². The Bertz CT molecular complexity index is 337. The van der Waals surface area contributed by atoms with E-state index in [1.165, 1.54) is 0 Å². The Morgan fingerprint density at radius 2 is 2.44 bits per heavy atom. The number of hydrogen-bond donors (Lipinski definition) is 1. The van der Waals surface area contributed by atoms with Crippen LogP contribution in [0.25, 0.3) is 0 Å². The molecule has 1 heterocycles. The number of methoxy groups -OCH3 is 1. The van der Waals surface area contributed by atoms with Crippen LogP contribution in [0, 0.1) is 5.92 Å². The third kappa shape index (κ3) is 3.39.